The van der Waals surface area contributed by atoms with Crippen LogP contribution in [0, 0.1) is 16.6 Å². The number of H-pyrrole nitrogens is 1. The molecular formula is C15H19BrN2S. The molecule has 1 aromatic carbocycles. The third kappa shape index (κ3) is 2.40. The van der Waals surface area contributed by atoms with Gasteiger partial charge >= 0.3 is 0 Å². The SMILES string of the molecule is CC1CCC(n2c(=S)[nH]c3ccc(Br)cc32)C(C)C1. The summed E-state index contributed by atoms with van der Waals surface area (Å²) in [5.74, 6) is 1.53. The maximum atomic E-state index is 5.55. The Bertz CT molecular complexity index is 658. The Balaban J connectivity index is 2.11. The van der Waals surface area contributed by atoms with E-state index in [0.717, 1.165) is 20.7 Å². The van der Waals surface area contributed by atoms with Gasteiger partial charge in [-0.2, -0.15) is 0 Å². The number of aromatic amines is 1. The quantitative estimate of drug-likeness (QED) is 0.684. The van der Waals surface area contributed by atoms with Crippen LogP contribution in [0.3, 0.4) is 0 Å². The van der Waals surface area contributed by atoms with Crippen molar-refractivity contribution in [3.05, 3.63) is 27.4 Å². The van der Waals surface area contributed by atoms with Crippen LogP contribution in [-0.4, -0.2) is 9.55 Å². The van der Waals surface area contributed by atoms with Crippen molar-refractivity contribution in [2.45, 2.75) is 39.2 Å². The molecule has 102 valence electrons. The van der Waals surface area contributed by atoms with Gasteiger partial charge in [0.05, 0.1) is 11.0 Å². The van der Waals surface area contributed by atoms with Gasteiger partial charge < -0.3 is 9.55 Å². The minimum Gasteiger partial charge on any atom is -0.331 e. The molecule has 0 bridgehead atoms. The topological polar surface area (TPSA) is 20.7 Å². The molecule has 1 saturated carbocycles. The Morgan fingerprint density at radius 3 is 2.84 bits per heavy atom. The van der Waals surface area contributed by atoms with E-state index in [2.05, 4.69) is 57.5 Å². The van der Waals surface area contributed by atoms with Crippen molar-refractivity contribution in [3.63, 3.8) is 0 Å². The lowest BCUT2D eigenvalue weighted by atomic mass is 9.79. The molecule has 1 aliphatic carbocycles. The van der Waals surface area contributed by atoms with Crippen LogP contribution in [0.2, 0.25) is 0 Å². The maximum absolute atomic E-state index is 5.55. The molecule has 3 rings (SSSR count). The number of imidazole rings is 1. The minimum absolute atomic E-state index is 0.534. The number of halogens is 1. The molecule has 1 N–H and O–H groups in total. The lowest BCUT2D eigenvalue weighted by Gasteiger charge is -2.33. The Morgan fingerprint density at radius 1 is 1.32 bits per heavy atom. The second-order valence-electron chi connectivity index (χ2n) is 5.92. The number of hydrogen-bond donors (Lipinski definition) is 1. The summed E-state index contributed by atoms with van der Waals surface area (Å²) in [6.45, 7) is 4.72. The lowest BCUT2D eigenvalue weighted by molar-refractivity contribution is 0.210. The highest BCUT2D eigenvalue weighted by Crippen LogP contribution is 2.38. The summed E-state index contributed by atoms with van der Waals surface area (Å²) < 4.78 is 4.31. The van der Waals surface area contributed by atoms with Gasteiger partial charge in [0.1, 0.15) is 0 Å². The molecule has 2 nitrogen and oxygen atoms in total. The third-order valence-electron chi connectivity index (χ3n) is 4.40. The van der Waals surface area contributed by atoms with Crippen molar-refractivity contribution in [1.82, 2.24) is 9.55 Å². The van der Waals surface area contributed by atoms with E-state index in [9.17, 15) is 0 Å². The predicted octanol–water partition coefficient (Wildman–Crippen LogP) is 5.46. The van der Waals surface area contributed by atoms with Crippen LogP contribution in [0.15, 0.2) is 22.7 Å². The molecule has 4 heteroatoms. The zero-order chi connectivity index (χ0) is 13.6. The molecule has 1 aliphatic rings. The summed E-state index contributed by atoms with van der Waals surface area (Å²) >= 11 is 9.11. The van der Waals surface area contributed by atoms with Crippen LogP contribution < -0.4 is 0 Å². The fourth-order valence-electron chi connectivity index (χ4n) is 3.46. The lowest BCUT2D eigenvalue weighted by Crippen LogP contribution is -2.24. The number of nitrogens with zero attached hydrogens (tertiary/aromatic N) is 1. The smallest absolute Gasteiger partial charge is 0.178 e. The van der Waals surface area contributed by atoms with Crippen molar-refractivity contribution in [3.8, 4) is 0 Å². The van der Waals surface area contributed by atoms with Gasteiger partial charge in [-0.05, 0) is 61.5 Å². The molecule has 1 heterocycles. The van der Waals surface area contributed by atoms with Crippen LogP contribution in [0.4, 0.5) is 0 Å². The standard InChI is InChI=1S/C15H19BrN2S/c1-9-3-6-13(10(2)7-9)18-14-8-11(16)4-5-12(14)17-15(18)19/h4-5,8-10,13H,3,6-7H2,1-2H3,(H,17,19). The minimum atomic E-state index is 0.534. The van der Waals surface area contributed by atoms with Crippen molar-refractivity contribution < 1.29 is 0 Å². The predicted molar refractivity (Wildman–Crippen MR) is 86.0 cm³/mol. The van der Waals surface area contributed by atoms with Crippen molar-refractivity contribution >= 4 is 39.2 Å². The molecular weight excluding hydrogens is 320 g/mol. The molecule has 0 aliphatic heterocycles. The summed E-state index contributed by atoms with van der Waals surface area (Å²) in [7, 11) is 0. The Hall–Kier alpha value is -0.610. The Labute approximate surface area is 127 Å². The highest BCUT2D eigenvalue weighted by atomic mass is 79.9. The number of rotatable bonds is 1. The second-order valence-corrected chi connectivity index (χ2v) is 7.23. The number of benzene rings is 1. The number of fused-ring (bicyclic) bond motifs is 1. The molecule has 0 amide bonds. The monoisotopic (exact) mass is 338 g/mol. The highest BCUT2D eigenvalue weighted by molar-refractivity contribution is 9.10. The van der Waals surface area contributed by atoms with Crippen molar-refractivity contribution in [1.29, 1.82) is 0 Å². The van der Waals surface area contributed by atoms with Crippen LogP contribution in [0.1, 0.15) is 39.2 Å². The summed E-state index contributed by atoms with van der Waals surface area (Å²) in [4.78, 5) is 3.34. The van der Waals surface area contributed by atoms with Crippen molar-refractivity contribution in [2.24, 2.45) is 11.8 Å². The highest BCUT2D eigenvalue weighted by Gasteiger charge is 2.28. The fourth-order valence-corrected chi connectivity index (χ4v) is 4.15. The first-order valence-electron chi connectivity index (χ1n) is 6.96. The molecule has 0 radical (unpaired) electrons. The van der Waals surface area contributed by atoms with E-state index in [1.54, 1.807) is 0 Å². The zero-order valence-electron chi connectivity index (χ0n) is 11.3. The van der Waals surface area contributed by atoms with Gasteiger partial charge in [-0.15, -0.1) is 0 Å². The first-order valence-corrected chi connectivity index (χ1v) is 8.16. The number of aromatic nitrogens is 2. The van der Waals surface area contributed by atoms with Gasteiger partial charge in [-0.3, -0.25) is 0 Å². The first-order chi connectivity index (χ1) is 9.06. The molecule has 2 aromatic rings. The van der Waals surface area contributed by atoms with Gasteiger partial charge in [0.2, 0.25) is 0 Å². The molecule has 19 heavy (non-hydrogen) atoms. The molecule has 1 aromatic heterocycles. The largest absolute Gasteiger partial charge is 0.331 e. The number of hydrogen-bond acceptors (Lipinski definition) is 1. The van der Waals surface area contributed by atoms with E-state index in [1.807, 2.05) is 0 Å². The third-order valence-corrected chi connectivity index (χ3v) is 5.19. The van der Waals surface area contributed by atoms with Gasteiger partial charge in [-0.1, -0.05) is 29.8 Å². The van der Waals surface area contributed by atoms with Crippen LogP contribution in [0.5, 0.6) is 0 Å². The van der Waals surface area contributed by atoms with E-state index in [0.29, 0.717) is 12.0 Å². The normalized spacial score (nSPS) is 27.8. The van der Waals surface area contributed by atoms with Crippen LogP contribution in [-0.2, 0) is 0 Å². The van der Waals surface area contributed by atoms with Crippen LogP contribution in [0.25, 0.3) is 11.0 Å². The van der Waals surface area contributed by atoms with Crippen molar-refractivity contribution in [2.75, 3.05) is 0 Å². The average Bonchev–Trinajstić information content (AvgIpc) is 2.65. The summed E-state index contributed by atoms with van der Waals surface area (Å²) in [6, 6.07) is 6.87. The van der Waals surface area contributed by atoms with Gasteiger partial charge in [0.25, 0.3) is 0 Å². The zero-order valence-corrected chi connectivity index (χ0v) is 13.7. The van der Waals surface area contributed by atoms with Crippen LogP contribution >= 0.6 is 28.1 Å². The maximum Gasteiger partial charge on any atom is 0.178 e. The Kier molecular flexibility index (Phi) is 3.56. The van der Waals surface area contributed by atoms with E-state index in [4.69, 9.17) is 12.2 Å². The summed E-state index contributed by atoms with van der Waals surface area (Å²) in [5, 5.41) is 0. The molecule has 1 fully saturated rings. The van der Waals surface area contributed by atoms with Gasteiger partial charge in [-0.25, -0.2) is 0 Å². The number of nitrogens with one attached hydrogen (secondary N) is 1. The van der Waals surface area contributed by atoms with E-state index >= 15 is 0 Å². The second kappa shape index (κ2) is 5.06. The molecule has 3 atom stereocenters. The van der Waals surface area contributed by atoms with Gasteiger partial charge in [0, 0.05) is 10.5 Å². The summed E-state index contributed by atoms with van der Waals surface area (Å²) in [5.41, 5.74) is 2.37. The Morgan fingerprint density at radius 2 is 2.11 bits per heavy atom. The molecule has 0 spiro atoms. The molecule has 3 unspecified atom stereocenters. The first kappa shape index (κ1) is 13.4. The van der Waals surface area contributed by atoms with E-state index in [1.165, 1.54) is 24.8 Å². The van der Waals surface area contributed by atoms with E-state index < -0.39 is 0 Å². The fraction of sp³-hybridized carbons (Fsp3) is 0.533. The van der Waals surface area contributed by atoms with Gasteiger partial charge in [0.15, 0.2) is 4.77 Å². The van der Waals surface area contributed by atoms with E-state index in [-0.39, 0.29) is 0 Å². The molecule has 0 saturated heterocycles. The summed E-state index contributed by atoms with van der Waals surface area (Å²) in [6.07, 6.45) is 3.83. The average molecular weight is 339 g/mol.